The Kier molecular flexibility index (Phi) is 7.58. The molecule has 2 N–H and O–H groups in total. The topological polar surface area (TPSA) is 79.6 Å². The predicted molar refractivity (Wildman–Crippen MR) is 141 cm³/mol. The average Bonchev–Trinajstić information content (AvgIpc) is 3.54. The lowest BCUT2D eigenvalue weighted by Gasteiger charge is -2.27. The molecule has 0 bridgehead atoms. The Morgan fingerprint density at radius 3 is 2.69 bits per heavy atom. The first-order valence-electron chi connectivity index (χ1n) is 11.6. The van der Waals surface area contributed by atoms with Crippen molar-refractivity contribution in [3.63, 3.8) is 0 Å². The Balaban J connectivity index is 0.00000289. The zero-order valence-corrected chi connectivity index (χ0v) is 20.5. The predicted octanol–water partition coefficient (Wildman–Crippen LogP) is 5.73. The van der Waals surface area contributed by atoms with Crippen molar-refractivity contribution in [1.82, 2.24) is 10.3 Å². The Labute approximate surface area is 210 Å². The van der Waals surface area contributed by atoms with Crippen molar-refractivity contribution >= 4 is 41.1 Å². The molecule has 5 rings (SSSR count). The number of ether oxygens (including phenoxy) is 1. The number of fused-ring (bicyclic) bond motifs is 1. The van der Waals surface area contributed by atoms with E-state index in [2.05, 4.69) is 27.4 Å². The molecule has 1 saturated heterocycles. The molecule has 1 aliphatic rings. The number of anilines is 2. The third-order valence-electron chi connectivity index (χ3n) is 6.40. The summed E-state index contributed by atoms with van der Waals surface area (Å²) >= 11 is 0. The standard InChI is InChI=1S/C27H28N4O3.ClH/c1-18(20-13-14-28-17-20)31(2)27-30-24-16-21(11-12-25(24)34-27)29-26(32)19-7-6-10-23(15-19)33-22-8-4-3-5-9-22;/h3-12,15-16,18,20,28H,13-14,17H2,1-2H3,(H,29,32);1H. The number of halogens is 1. The first-order valence-corrected chi connectivity index (χ1v) is 11.6. The third-order valence-corrected chi connectivity index (χ3v) is 6.40. The molecule has 182 valence electrons. The van der Waals surface area contributed by atoms with Crippen LogP contribution >= 0.6 is 12.4 Å². The van der Waals surface area contributed by atoms with Crippen LogP contribution in [-0.4, -0.2) is 37.1 Å². The highest BCUT2D eigenvalue weighted by atomic mass is 35.5. The molecule has 2 unspecified atom stereocenters. The number of hydrogen-bond acceptors (Lipinski definition) is 6. The third kappa shape index (κ3) is 5.58. The largest absolute Gasteiger partial charge is 0.457 e. The number of hydrogen-bond donors (Lipinski definition) is 2. The van der Waals surface area contributed by atoms with E-state index >= 15 is 0 Å². The van der Waals surface area contributed by atoms with Gasteiger partial charge < -0.3 is 24.7 Å². The number of nitrogens with one attached hydrogen (secondary N) is 2. The second-order valence-electron chi connectivity index (χ2n) is 8.68. The summed E-state index contributed by atoms with van der Waals surface area (Å²) in [6.45, 7) is 4.27. The van der Waals surface area contributed by atoms with Crippen molar-refractivity contribution < 1.29 is 13.9 Å². The highest BCUT2D eigenvalue weighted by Gasteiger charge is 2.26. The van der Waals surface area contributed by atoms with E-state index in [1.165, 1.54) is 0 Å². The van der Waals surface area contributed by atoms with Crippen molar-refractivity contribution in [3.05, 3.63) is 78.4 Å². The minimum atomic E-state index is -0.221. The van der Waals surface area contributed by atoms with Crippen molar-refractivity contribution in [2.45, 2.75) is 19.4 Å². The van der Waals surface area contributed by atoms with Gasteiger partial charge in [0.1, 0.15) is 17.0 Å². The second-order valence-corrected chi connectivity index (χ2v) is 8.68. The number of nitrogens with zero attached hydrogens (tertiary/aromatic N) is 2. The quantitative estimate of drug-likeness (QED) is 0.343. The Bertz CT molecular complexity index is 1290. The smallest absolute Gasteiger partial charge is 0.298 e. The number of para-hydroxylation sites is 1. The molecule has 4 aromatic rings. The number of carbonyl (C=O) groups is 1. The molecule has 2 heterocycles. The Hall–Kier alpha value is -3.55. The van der Waals surface area contributed by atoms with Gasteiger partial charge in [-0.1, -0.05) is 24.3 Å². The van der Waals surface area contributed by atoms with Gasteiger partial charge in [-0.2, -0.15) is 4.98 Å². The normalized spacial score (nSPS) is 15.9. The van der Waals surface area contributed by atoms with Crippen LogP contribution < -0.4 is 20.3 Å². The molecule has 0 saturated carbocycles. The summed E-state index contributed by atoms with van der Waals surface area (Å²) in [5.41, 5.74) is 2.56. The SMILES string of the molecule is CC(C1CCNC1)N(C)c1nc2cc(NC(=O)c3cccc(Oc4ccccc4)c3)ccc2o1.Cl. The maximum absolute atomic E-state index is 12.9. The van der Waals surface area contributed by atoms with Gasteiger partial charge in [-0.3, -0.25) is 4.79 Å². The van der Waals surface area contributed by atoms with Crippen molar-refractivity contribution in [2.75, 3.05) is 30.4 Å². The Morgan fingerprint density at radius 1 is 1.11 bits per heavy atom. The molecule has 1 aromatic heterocycles. The van der Waals surface area contributed by atoms with E-state index in [0.717, 1.165) is 25.3 Å². The van der Waals surface area contributed by atoms with Crippen LogP contribution in [0.25, 0.3) is 11.1 Å². The fourth-order valence-electron chi connectivity index (χ4n) is 4.25. The van der Waals surface area contributed by atoms with E-state index in [0.29, 0.717) is 46.1 Å². The molecule has 8 heteroatoms. The first-order chi connectivity index (χ1) is 16.6. The van der Waals surface area contributed by atoms with Gasteiger partial charge in [0.05, 0.1) is 0 Å². The fourth-order valence-corrected chi connectivity index (χ4v) is 4.25. The van der Waals surface area contributed by atoms with Gasteiger partial charge in [-0.15, -0.1) is 12.4 Å². The summed E-state index contributed by atoms with van der Waals surface area (Å²) in [5, 5.41) is 6.36. The van der Waals surface area contributed by atoms with Crippen LogP contribution in [0.5, 0.6) is 11.5 Å². The maximum Gasteiger partial charge on any atom is 0.298 e. The van der Waals surface area contributed by atoms with Gasteiger partial charge in [-0.05, 0) is 80.9 Å². The molecule has 2 atom stereocenters. The van der Waals surface area contributed by atoms with Crippen molar-refractivity contribution in [3.8, 4) is 11.5 Å². The van der Waals surface area contributed by atoms with E-state index in [1.807, 2.05) is 61.6 Å². The average molecular weight is 493 g/mol. The fraction of sp³-hybridized carbons (Fsp3) is 0.259. The minimum absolute atomic E-state index is 0. The minimum Gasteiger partial charge on any atom is -0.457 e. The number of rotatable bonds is 7. The molecule has 0 radical (unpaired) electrons. The van der Waals surface area contributed by atoms with Gasteiger partial charge in [0.15, 0.2) is 5.58 Å². The monoisotopic (exact) mass is 492 g/mol. The molecule has 0 aliphatic carbocycles. The maximum atomic E-state index is 12.9. The summed E-state index contributed by atoms with van der Waals surface area (Å²) in [6, 6.07) is 23.0. The number of oxazole rings is 1. The molecule has 7 nitrogen and oxygen atoms in total. The summed E-state index contributed by atoms with van der Waals surface area (Å²) in [4.78, 5) is 19.6. The van der Waals surface area contributed by atoms with Crippen LogP contribution in [0.4, 0.5) is 11.7 Å². The first kappa shape index (κ1) is 24.6. The number of amides is 1. The molecular formula is C27H29ClN4O3. The second kappa shape index (κ2) is 10.8. The molecule has 35 heavy (non-hydrogen) atoms. The van der Waals surface area contributed by atoms with Crippen LogP contribution in [0.3, 0.4) is 0 Å². The van der Waals surface area contributed by atoms with E-state index in [1.54, 1.807) is 18.2 Å². The molecule has 1 aliphatic heterocycles. The van der Waals surface area contributed by atoms with Crippen LogP contribution in [0.1, 0.15) is 23.7 Å². The number of benzene rings is 3. The number of aromatic nitrogens is 1. The summed E-state index contributed by atoms with van der Waals surface area (Å²) in [6.07, 6.45) is 1.15. The molecule has 1 amide bonds. The zero-order valence-electron chi connectivity index (χ0n) is 19.7. The zero-order chi connectivity index (χ0) is 23.5. The van der Waals surface area contributed by atoms with Gasteiger partial charge >= 0.3 is 0 Å². The van der Waals surface area contributed by atoms with Gasteiger partial charge in [-0.25, -0.2) is 0 Å². The van der Waals surface area contributed by atoms with Crippen LogP contribution in [0.15, 0.2) is 77.2 Å². The molecule has 0 spiro atoms. The van der Waals surface area contributed by atoms with E-state index in [-0.39, 0.29) is 18.3 Å². The number of carbonyl (C=O) groups excluding carboxylic acids is 1. The van der Waals surface area contributed by atoms with Gasteiger partial charge in [0, 0.05) is 24.3 Å². The summed E-state index contributed by atoms with van der Waals surface area (Å²) in [7, 11) is 2.01. The highest BCUT2D eigenvalue weighted by Crippen LogP contribution is 2.28. The Morgan fingerprint density at radius 2 is 1.91 bits per heavy atom. The van der Waals surface area contributed by atoms with Gasteiger partial charge in [0.2, 0.25) is 0 Å². The van der Waals surface area contributed by atoms with Crippen LogP contribution in [-0.2, 0) is 0 Å². The van der Waals surface area contributed by atoms with Crippen molar-refractivity contribution in [1.29, 1.82) is 0 Å². The van der Waals surface area contributed by atoms with Crippen LogP contribution in [0, 0.1) is 5.92 Å². The van der Waals surface area contributed by atoms with E-state index in [9.17, 15) is 4.79 Å². The molecule has 3 aromatic carbocycles. The lowest BCUT2D eigenvalue weighted by atomic mass is 10.00. The van der Waals surface area contributed by atoms with Crippen LogP contribution in [0.2, 0.25) is 0 Å². The van der Waals surface area contributed by atoms with Gasteiger partial charge in [0.25, 0.3) is 11.9 Å². The lowest BCUT2D eigenvalue weighted by Crippen LogP contribution is -2.36. The van der Waals surface area contributed by atoms with E-state index in [4.69, 9.17) is 9.15 Å². The molecular weight excluding hydrogens is 464 g/mol. The highest BCUT2D eigenvalue weighted by molar-refractivity contribution is 6.05. The van der Waals surface area contributed by atoms with E-state index < -0.39 is 0 Å². The molecule has 1 fully saturated rings. The summed E-state index contributed by atoms with van der Waals surface area (Å²) < 4.78 is 11.8. The summed E-state index contributed by atoms with van der Waals surface area (Å²) in [5.74, 6) is 1.67. The van der Waals surface area contributed by atoms with Crippen molar-refractivity contribution in [2.24, 2.45) is 5.92 Å². The lowest BCUT2D eigenvalue weighted by molar-refractivity contribution is 0.102.